The Hall–Kier alpha value is -1.77. The van der Waals surface area contributed by atoms with Crippen molar-refractivity contribution in [3.8, 4) is 18.4 Å². The van der Waals surface area contributed by atoms with Crippen molar-refractivity contribution in [1.82, 2.24) is 0 Å². The summed E-state index contributed by atoms with van der Waals surface area (Å²) >= 11 is 0. The number of hydrogen-bond acceptors (Lipinski definition) is 2. The molecule has 0 radical (unpaired) electrons. The summed E-state index contributed by atoms with van der Waals surface area (Å²) in [5.74, 6) is 2.42. The van der Waals surface area contributed by atoms with Crippen LogP contribution >= 0.6 is 0 Å². The van der Waals surface area contributed by atoms with Gasteiger partial charge < -0.3 is 5.11 Å². The molecule has 1 N–H and O–H groups in total. The average Bonchev–Trinajstić information content (AvgIpc) is 2.29. The summed E-state index contributed by atoms with van der Waals surface area (Å²) in [6.07, 6.45) is 7.74. The maximum atomic E-state index is 10.6. The molecule has 1 aromatic carbocycles. The SMILES string of the molecule is C#CC(O)(c1ccccc1)C1(C#N)CCC1. The van der Waals surface area contributed by atoms with Gasteiger partial charge in [0.2, 0.25) is 0 Å². The van der Waals surface area contributed by atoms with Crippen molar-refractivity contribution in [1.29, 1.82) is 5.26 Å². The maximum absolute atomic E-state index is 10.6. The molecule has 0 spiro atoms. The van der Waals surface area contributed by atoms with Crippen LogP contribution in [0.3, 0.4) is 0 Å². The Labute approximate surface area is 95.5 Å². The van der Waals surface area contributed by atoms with E-state index in [1.165, 1.54) is 0 Å². The summed E-state index contributed by atoms with van der Waals surface area (Å²) in [7, 11) is 0. The number of hydrogen-bond donors (Lipinski definition) is 1. The van der Waals surface area contributed by atoms with Gasteiger partial charge in [0.05, 0.1) is 6.07 Å². The van der Waals surface area contributed by atoms with Gasteiger partial charge in [-0.15, -0.1) is 6.42 Å². The van der Waals surface area contributed by atoms with E-state index in [0.29, 0.717) is 18.4 Å². The van der Waals surface area contributed by atoms with Crippen molar-refractivity contribution in [2.45, 2.75) is 24.9 Å². The molecule has 0 aliphatic heterocycles. The third kappa shape index (κ3) is 1.24. The van der Waals surface area contributed by atoms with Gasteiger partial charge in [-0.3, -0.25) is 0 Å². The van der Waals surface area contributed by atoms with Crippen LogP contribution in [0.5, 0.6) is 0 Å². The fourth-order valence-corrected chi connectivity index (χ4v) is 2.26. The zero-order valence-electron chi connectivity index (χ0n) is 8.98. The zero-order valence-corrected chi connectivity index (χ0v) is 8.98. The predicted molar refractivity (Wildman–Crippen MR) is 61.1 cm³/mol. The maximum Gasteiger partial charge on any atom is 0.169 e. The molecule has 1 atom stereocenters. The number of aliphatic hydroxyl groups is 1. The topological polar surface area (TPSA) is 44.0 Å². The highest BCUT2D eigenvalue weighted by atomic mass is 16.3. The first-order valence-corrected chi connectivity index (χ1v) is 5.35. The van der Waals surface area contributed by atoms with Crippen LogP contribution in [-0.4, -0.2) is 5.11 Å². The van der Waals surface area contributed by atoms with Gasteiger partial charge in [0.15, 0.2) is 5.60 Å². The monoisotopic (exact) mass is 211 g/mol. The molecule has 16 heavy (non-hydrogen) atoms. The molecular formula is C14H13NO. The van der Waals surface area contributed by atoms with E-state index < -0.39 is 11.0 Å². The minimum atomic E-state index is -1.46. The summed E-state index contributed by atoms with van der Waals surface area (Å²) in [5, 5.41) is 19.9. The van der Waals surface area contributed by atoms with E-state index in [4.69, 9.17) is 6.42 Å². The largest absolute Gasteiger partial charge is 0.372 e. The highest BCUT2D eigenvalue weighted by Crippen LogP contribution is 2.53. The molecule has 0 heterocycles. The second-order valence-corrected chi connectivity index (χ2v) is 4.27. The molecule has 1 fully saturated rings. The van der Waals surface area contributed by atoms with E-state index in [1.807, 2.05) is 18.2 Å². The van der Waals surface area contributed by atoms with Gasteiger partial charge in [-0.25, -0.2) is 0 Å². The van der Waals surface area contributed by atoms with Crippen LogP contribution < -0.4 is 0 Å². The Balaban J connectivity index is 2.50. The van der Waals surface area contributed by atoms with Crippen molar-refractivity contribution < 1.29 is 5.11 Å². The number of nitrogens with zero attached hydrogens (tertiary/aromatic N) is 1. The van der Waals surface area contributed by atoms with E-state index >= 15 is 0 Å². The Kier molecular flexibility index (Phi) is 2.46. The summed E-state index contributed by atoms with van der Waals surface area (Å²) in [4.78, 5) is 0. The molecule has 2 heteroatoms. The second kappa shape index (κ2) is 3.67. The van der Waals surface area contributed by atoms with Gasteiger partial charge in [0.25, 0.3) is 0 Å². The first-order chi connectivity index (χ1) is 7.68. The fourth-order valence-electron chi connectivity index (χ4n) is 2.26. The number of nitriles is 1. The molecule has 0 saturated heterocycles. The molecule has 0 amide bonds. The van der Waals surface area contributed by atoms with Crippen LogP contribution in [0.2, 0.25) is 0 Å². The molecule has 80 valence electrons. The summed E-state index contributed by atoms with van der Waals surface area (Å²) in [5.41, 5.74) is -1.62. The van der Waals surface area contributed by atoms with E-state index in [-0.39, 0.29) is 0 Å². The molecule has 1 aliphatic carbocycles. The first-order valence-electron chi connectivity index (χ1n) is 5.35. The fraction of sp³-hybridized carbons (Fsp3) is 0.357. The lowest BCUT2D eigenvalue weighted by atomic mass is 9.58. The Morgan fingerprint density at radius 1 is 1.31 bits per heavy atom. The quantitative estimate of drug-likeness (QED) is 0.762. The van der Waals surface area contributed by atoms with E-state index in [2.05, 4.69) is 12.0 Å². The summed E-state index contributed by atoms with van der Waals surface area (Å²) < 4.78 is 0. The molecule has 2 nitrogen and oxygen atoms in total. The zero-order chi connectivity index (χ0) is 11.6. The van der Waals surface area contributed by atoms with Crippen molar-refractivity contribution in [2.24, 2.45) is 5.41 Å². The molecular weight excluding hydrogens is 198 g/mol. The Morgan fingerprint density at radius 2 is 1.94 bits per heavy atom. The normalized spacial score (nSPS) is 20.9. The smallest absolute Gasteiger partial charge is 0.169 e. The highest BCUT2D eigenvalue weighted by Gasteiger charge is 2.55. The Bertz CT molecular complexity index is 462. The third-order valence-electron chi connectivity index (χ3n) is 3.51. The molecule has 1 unspecified atom stereocenters. The van der Waals surface area contributed by atoms with Gasteiger partial charge in [-0.05, 0) is 24.8 Å². The van der Waals surface area contributed by atoms with E-state index in [9.17, 15) is 10.4 Å². The molecule has 0 aromatic heterocycles. The van der Waals surface area contributed by atoms with Gasteiger partial charge in [-0.1, -0.05) is 36.3 Å². The van der Waals surface area contributed by atoms with Crippen molar-refractivity contribution in [2.75, 3.05) is 0 Å². The van der Waals surface area contributed by atoms with Crippen LogP contribution in [0, 0.1) is 29.1 Å². The van der Waals surface area contributed by atoms with E-state index in [0.717, 1.165) is 6.42 Å². The van der Waals surface area contributed by atoms with Crippen LogP contribution in [-0.2, 0) is 5.60 Å². The molecule has 0 bridgehead atoms. The lowest BCUT2D eigenvalue weighted by molar-refractivity contribution is -0.0530. The van der Waals surface area contributed by atoms with Gasteiger partial charge >= 0.3 is 0 Å². The van der Waals surface area contributed by atoms with Crippen LogP contribution in [0.1, 0.15) is 24.8 Å². The number of rotatable bonds is 2. The van der Waals surface area contributed by atoms with Crippen LogP contribution in [0.25, 0.3) is 0 Å². The third-order valence-corrected chi connectivity index (χ3v) is 3.51. The Morgan fingerprint density at radius 3 is 2.31 bits per heavy atom. The second-order valence-electron chi connectivity index (χ2n) is 4.27. The molecule has 2 rings (SSSR count). The predicted octanol–water partition coefficient (Wildman–Crippen LogP) is 2.20. The van der Waals surface area contributed by atoms with E-state index in [1.54, 1.807) is 12.1 Å². The lowest BCUT2D eigenvalue weighted by Crippen LogP contribution is -2.48. The van der Waals surface area contributed by atoms with Gasteiger partial charge in [-0.2, -0.15) is 5.26 Å². The number of benzene rings is 1. The number of terminal acetylenes is 1. The minimum Gasteiger partial charge on any atom is -0.372 e. The van der Waals surface area contributed by atoms with Crippen LogP contribution in [0.4, 0.5) is 0 Å². The summed E-state index contributed by atoms with van der Waals surface area (Å²) in [6, 6.07) is 11.3. The minimum absolute atomic E-state index is 0.638. The van der Waals surface area contributed by atoms with Gasteiger partial charge in [0, 0.05) is 0 Å². The van der Waals surface area contributed by atoms with Crippen molar-refractivity contribution >= 4 is 0 Å². The van der Waals surface area contributed by atoms with Crippen molar-refractivity contribution in [3.05, 3.63) is 35.9 Å². The molecule has 1 aromatic rings. The average molecular weight is 211 g/mol. The summed E-state index contributed by atoms with van der Waals surface area (Å²) in [6.45, 7) is 0. The molecule has 1 saturated carbocycles. The highest BCUT2D eigenvalue weighted by molar-refractivity contribution is 5.38. The molecule has 1 aliphatic rings. The first kappa shape index (κ1) is 10.7. The van der Waals surface area contributed by atoms with Gasteiger partial charge in [0.1, 0.15) is 5.41 Å². The standard InChI is InChI=1S/C14H13NO/c1-2-14(16,12-7-4-3-5-8-12)13(11-15)9-6-10-13/h1,3-5,7-8,16H,6,9-10H2. The lowest BCUT2D eigenvalue weighted by Gasteiger charge is -2.45. The van der Waals surface area contributed by atoms with Crippen molar-refractivity contribution in [3.63, 3.8) is 0 Å². The van der Waals surface area contributed by atoms with Crippen LogP contribution in [0.15, 0.2) is 30.3 Å².